The molecule has 3 aromatic rings. The summed E-state index contributed by atoms with van der Waals surface area (Å²) in [6.07, 6.45) is 4.64. The second-order valence-electron chi connectivity index (χ2n) is 10.7. The Hall–Kier alpha value is -3.04. The van der Waals surface area contributed by atoms with Crippen LogP contribution in [-0.4, -0.2) is 69.7 Å². The standard InChI is InChI=1S/C30H34ClN5O3/c31-26-16-32-30(33-24-10-13-39-14-11-24)34-28(26)21-8-9-23-18-36(29(38)25(23)15-21)19-27(37)35-12-4-7-22(17-35)20-5-2-1-3-6-20/h1-3,5-6,8-9,15-16,22,24,29,38H,4,7,10-14,17-19H2,(H,32,33,34)/t22-,29?/m0/s1. The molecule has 0 aliphatic carbocycles. The van der Waals surface area contributed by atoms with Crippen molar-refractivity contribution < 1.29 is 14.6 Å². The average Bonchev–Trinajstić information content (AvgIpc) is 3.29. The number of rotatable bonds is 6. The number of halogens is 1. The Balaban J connectivity index is 1.13. The SMILES string of the molecule is O=C(CN1Cc2ccc(-c3nc(NC4CCOCC4)ncc3Cl)cc2C1O)N1CCC[C@H](c2ccccc2)C1. The van der Waals surface area contributed by atoms with Crippen LogP contribution in [0, 0.1) is 0 Å². The van der Waals surface area contributed by atoms with Gasteiger partial charge in [-0.25, -0.2) is 9.97 Å². The first-order valence-corrected chi connectivity index (χ1v) is 14.2. The number of ether oxygens (including phenoxy) is 1. The molecular formula is C30H34ClN5O3. The molecule has 1 aromatic heterocycles. The van der Waals surface area contributed by atoms with Crippen LogP contribution in [0.4, 0.5) is 5.95 Å². The Morgan fingerprint density at radius 3 is 2.77 bits per heavy atom. The van der Waals surface area contributed by atoms with Gasteiger partial charge in [0.25, 0.3) is 0 Å². The molecule has 39 heavy (non-hydrogen) atoms. The summed E-state index contributed by atoms with van der Waals surface area (Å²) in [5.74, 6) is 0.950. The normalized spacial score (nSPS) is 22.1. The van der Waals surface area contributed by atoms with Gasteiger partial charge in [0.15, 0.2) is 0 Å². The van der Waals surface area contributed by atoms with Crippen molar-refractivity contribution in [3.8, 4) is 11.3 Å². The molecule has 2 fully saturated rings. The smallest absolute Gasteiger partial charge is 0.236 e. The van der Waals surface area contributed by atoms with Crippen molar-refractivity contribution in [2.45, 2.75) is 50.4 Å². The van der Waals surface area contributed by atoms with Gasteiger partial charge in [0.1, 0.15) is 6.23 Å². The first-order chi connectivity index (χ1) is 19.0. The van der Waals surface area contributed by atoms with Gasteiger partial charge in [-0.1, -0.05) is 54.1 Å². The van der Waals surface area contributed by atoms with E-state index < -0.39 is 6.23 Å². The number of aliphatic hydroxyl groups excluding tert-OH is 1. The molecule has 2 N–H and O–H groups in total. The Bertz CT molecular complexity index is 1320. The topological polar surface area (TPSA) is 90.8 Å². The van der Waals surface area contributed by atoms with E-state index in [0.29, 0.717) is 29.1 Å². The highest BCUT2D eigenvalue weighted by Gasteiger charge is 2.33. The van der Waals surface area contributed by atoms with Crippen LogP contribution < -0.4 is 5.32 Å². The molecule has 1 amide bonds. The Kier molecular flexibility index (Phi) is 7.79. The third kappa shape index (κ3) is 5.79. The van der Waals surface area contributed by atoms with E-state index in [2.05, 4.69) is 34.6 Å². The van der Waals surface area contributed by atoms with E-state index in [1.165, 1.54) is 5.56 Å². The van der Waals surface area contributed by atoms with E-state index in [0.717, 1.165) is 68.7 Å². The van der Waals surface area contributed by atoms with Crippen LogP contribution >= 0.6 is 11.6 Å². The van der Waals surface area contributed by atoms with Crippen LogP contribution in [-0.2, 0) is 16.1 Å². The van der Waals surface area contributed by atoms with Gasteiger partial charge in [-0.3, -0.25) is 9.69 Å². The zero-order chi connectivity index (χ0) is 26.8. The van der Waals surface area contributed by atoms with Gasteiger partial charge in [0.05, 0.1) is 23.5 Å². The van der Waals surface area contributed by atoms with Crippen LogP contribution in [0.15, 0.2) is 54.7 Å². The summed E-state index contributed by atoms with van der Waals surface area (Å²) < 4.78 is 5.44. The lowest BCUT2D eigenvalue weighted by molar-refractivity contribution is -0.136. The summed E-state index contributed by atoms with van der Waals surface area (Å²) in [5, 5.41) is 15.0. The molecule has 6 rings (SSSR count). The Morgan fingerprint density at radius 2 is 1.95 bits per heavy atom. The number of hydrogen-bond acceptors (Lipinski definition) is 7. The van der Waals surface area contributed by atoms with Crippen molar-refractivity contribution in [2.24, 2.45) is 0 Å². The van der Waals surface area contributed by atoms with Crippen LogP contribution in [0.2, 0.25) is 5.02 Å². The van der Waals surface area contributed by atoms with Gasteiger partial charge in [0, 0.05) is 55.9 Å². The first-order valence-electron chi connectivity index (χ1n) is 13.8. The molecule has 0 spiro atoms. The van der Waals surface area contributed by atoms with E-state index in [1.54, 1.807) is 6.20 Å². The van der Waals surface area contributed by atoms with Crippen LogP contribution in [0.3, 0.4) is 0 Å². The number of aromatic nitrogens is 2. The number of hydrogen-bond donors (Lipinski definition) is 2. The number of anilines is 1. The number of carbonyl (C=O) groups is 1. The summed E-state index contributed by atoms with van der Waals surface area (Å²) in [7, 11) is 0. The molecule has 0 radical (unpaired) electrons. The summed E-state index contributed by atoms with van der Waals surface area (Å²) in [6, 6.07) is 16.6. The molecule has 2 saturated heterocycles. The molecule has 204 valence electrons. The number of aliphatic hydroxyl groups is 1. The van der Waals surface area contributed by atoms with Crippen LogP contribution in [0.1, 0.15) is 54.5 Å². The molecule has 2 atom stereocenters. The lowest BCUT2D eigenvalue weighted by Crippen LogP contribution is -2.44. The minimum Gasteiger partial charge on any atom is -0.381 e. The maximum atomic E-state index is 13.3. The molecule has 0 saturated carbocycles. The summed E-state index contributed by atoms with van der Waals surface area (Å²) >= 11 is 6.50. The predicted octanol–water partition coefficient (Wildman–Crippen LogP) is 4.60. The minimum absolute atomic E-state index is 0.0605. The van der Waals surface area contributed by atoms with E-state index in [1.807, 2.05) is 34.1 Å². The summed E-state index contributed by atoms with van der Waals surface area (Å²) in [4.78, 5) is 26.1. The second kappa shape index (κ2) is 11.6. The maximum absolute atomic E-state index is 13.3. The molecular weight excluding hydrogens is 514 g/mol. The van der Waals surface area contributed by atoms with Crippen molar-refractivity contribution in [3.05, 3.63) is 76.4 Å². The van der Waals surface area contributed by atoms with Gasteiger partial charge in [-0.2, -0.15) is 0 Å². The second-order valence-corrected chi connectivity index (χ2v) is 11.1. The van der Waals surface area contributed by atoms with Crippen molar-refractivity contribution in [2.75, 3.05) is 38.2 Å². The number of benzene rings is 2. The number of carbonyl (C=O) groups excluding carboxylic acids is 1. The van der Waals surface area contributed by atoms with Gasteiger partial charge in [0.2, 0.25) is 11.9 Å². The fraction of sp³-hybridized carbons (Fsp3) is 0.433. The Labute approximate surface area is 234 Å². The zero-order valence-electron chi connectivity index (χ0n) is 21.9. The molecule has 3 aliphatic heterocycles. The predicted molar refractivity (Wildman–Crippen MR) is 150 cm³/mol. The summed E-state index contributed by atoms with van der Waals surface area (Å²) in [5.41, 5.74) is 4.50. The average molecular weight is 548 g/mol. The van der Waals surface area contributed by atoms with Gasteiger partial charge in [-0.15, -0.1) is 0 Å². The van der Waals surface area contributed by atoms with Crippen LogP contribution in [0.25, 0.3) is 11.3 Å². The van der Waals surface area contributed by atoms with Crippen LogP contribution in [0.5, 0.6) is 0 Å². The van der Waals surface area contributed by atoms with Gasteiger partial charge >= 0.3 is 0 Å². The lowest BCUT2D eigenvalue weighted by Gasteiger charge is -2.34. The zero-order valence-corrected chi connectivity index (χ0v) is 22.7. The fourth-order valence-electron chi connectivity index (χ4n) is 5.91. The van der Waals surface area contributed by atoms with Gasteiger partial charge in [-0.05, 0) is 42.9 Å². The third-order valence-electron chi connectivity index (χ3n) is 8.10. The molecule has 4 heterocycles. The molecule has 8 nitrogen and oxygen atoms in total. The molecule has 9 heteroatoms. The largest absolute Gasteiger partial charge is 0.381 e. The van der Waals surface area contributed by atoms with Gasteiger partial charge < -0.3 is 20.1 Å². The Morgan fingerprint density at radius 1 is 1.13 bits per heavy atom. The van der Waals surface area contributed by atoms with E-state index >= 15 is 0 Å². The first kappa shape index (κ1) is 26.2. The van der Waals surface area contributed by atoms with E-state index in [4.69, 9.17) is 21.3 Å². The fourth-order valence-corrected chi connectivity index (χ4v) is 6.11. The monoisotopic (exact) mass is 547 g/mol. The van der Waals surface area contributed by atoms with Crippen molar-refractivity contribution >= 4 is 23.5 Å². The number of likely N-dealkylation sites (tertiary alicyclic amines) is 1. The van der Waals surface area contributed by atoms with E-state index in [9.17, 15) is 9.90 Å². The van der Waals surface area contributed by atoms with Crippen molar-refractivity contribution in [3.63, 3.8) is 0 Å². The minimum atomic E-state index is -0.862. The van der Waals surface area contributed by atoms with E-state index in [-0.39, 0.29) is 18.5 Å². The number of amides is 1. The number of nitrogens with zero attached hydrogens (tertiary/aromatic N) is 4. The maximum Gasteiger partial charge on any atom is 0.236 e. The quantitative estimate of drug-likeness (QED) is 0.466. The lowest BCUT2D eigenvalue weighted by atomic mass is 9.90. The molecule has 3 aliphatic rings. The highest BCUT2D eigenvalue weighted by atomic mass is 35.5. The number of nitrogens with one attached hydrogen (secondary N) is 1. The third-order valence-corrected chi connectivity index (χ3v) is 8.38. The molecule has 1 unspecified atom stereocenters. The molecule has 0 bridgehead atoms. The molecule has 2 aromatic carbocycles. The summed E-state index contributed by atoms with van der Waals surface area (Å²) in [6.45, 7) is 3.64. The highest BCUT2D eigenvalue weighted by molar-refractivity contribution is 6.32. The highest BCUT2D eigenvalue weighted by Crippen LogP contribution is 2.36. The number of piperidine rings is 1. The number of fused-ring (bicyclic) bond motifs is 1. The van der Waals surface area contributed by atoms with Crippen molar-refractivity contribution in [1.29, 1.82) is 0 Å². The van der Waals surface area contributed by atoms with Crippen molar-refractivity contribution in [1.82, 2.24) is 19.8 Å².